The number of carbonyl (C=O) groups excluding carboxylic acids is 1. The standard InChI is InChI=1S/C26H20Cl2N3OS.ClH/c27-18-12-11-17(14-19(18)28)22-15-29(25-10-5-13-30(22)25)16-26(32)31-20-6-1-3-8-23(20)33-24-9-4-2-7-21(24)31;/h1-4,6-9,11-12,14-15H,5,10,13,16H2;1H/q+1;/p-1. The zero-order chi connectivity index (χ0) is 22.5. The first-order valence-electron chi connectivity index (χ1n) is 10.9. The van der Waals surface area contributed by atoms with Crippen molar-refractivity contribution in [2.45, 2.75) is 35.7 Å². The van der Waals surface area contributed by atoms with Gasteiger partial charge in [-0.2, -0.15) is 0 Å². The highest BCUT2D eigenvalue weighted by Gasteiger charge is 2.33. The number of rotatable bonds is 3. The van der Waals surface area contributed by atoms with E-state index >= 15 is 0 Å². The largest absolute Gasteiger partial charge is 1.00 e. The van der Waals surface area contributed by atoms with Crippen molar-refractivity contribution >= 4 is 52.2 Å². The molecule has 0 spiro atoms. The zero-order valence-corrected chi connectivity index (χ0v) is 21.1. The van der Waals surface area contributed by atoms with Crippen molar-refractivity contribution < 1.29 is 21.8 Å². The molecule has 0 unspecified atom stereocenters. The molecule has 8 heteroatoms. The van der Waals surface area contributed by atoms with Gasteiger partial charge >= 0.3 is 0 Å². The lowest BCUT2D eigenvalue weighted by Gasteiger charge is -2.30. The van der Waals surface area contributed by atoms with Crippen LogP contribution in [0, 0.1) is 0 Å². The Balaban J connectivity index is 0.00000241. The Kier molecular flexibility index (Phi) is 6.38. The summed E-state index contributed by atoms with van der Waals surface area (Å²) in [5.41, 5.74) is 3.94. The van der Waals surface area contributed by atoms with Crippen LogP contribution in [0.25, 0.3) is 11.3 Å². The van der Waals surface area contributed by atoms with E-state index in [0.29, 0.717) is 10.0 Å². The minimum Gasteiger partial charge on any atom is -1.00 e. The summed E-state index contributed by atoms with van der Waals surface area (Å²) in [5, 5.41) is 1.07. The van der Waals surface area contributed by atoms with Crippen LogP contribution in [-0.4, -0.2) is 10.5 Å². The van der Waals surface area contributed by atoms with E-state index in [-0.39, 0.29) is 24.9 Å². The molecule has 6 rings (SSSR count). The summed E-state index contributed by atoms with van der Waals surface area (Å²) in [5.74, 6) is 1.21. The fourth-order valence-electron chi connectivity index (χ4n) is 4.72. The summed E-state index contributed by atoms with van der Waals surface area (Å²) in [6.07, 6.45) is 4.07. The topological polar surface area (TPSA) is 29.1 Å². The molecule has 3 aromatic carbocycles. The SMILES string of the molecule is O=C(C[n+]1cc(-c2ccc(Cl)c(Cl)c2)n2c1CCC2)N1c2ccccc2Sc2ccccc21.[Cl-]. The van der Waals surface area contributed by atoms with Gasteiger partial charge in [-0.25, -0.2) is 9.13 Å². The number of amides is 1. The fourth-order valence-corrected chi connectivity index (χ4v) is 6.08. The predicted octanol–water partition coefficient (Wildman–Crippen LogP) is 3.53. The lowest BCUT2D eigenvalue weighted by molar-refractivity contribution is -0.690. The molecule has 0 aliphatic carbocycles. The average Bonchev–Trinajstić information content (AvgIpc) is 3.43. The Hall–Kier alpha value is -2.44. The van der Waals surface area contributed by atoms with Gasteiger partial charge in [0.2, 0.25) is 0 Å². The first-order valence-corrected chi connectivity index (χ1v) is 12.4. The van der Waals surface area contributed by atoms with E-state index in [1.54, 1.807) is 11.8 Å². The highest BCUT2D eigenvalue weighted by molar-refractivity contribution is 7.99. The molecule has 3 heterocycles. The van der Waals surface area contributed by atoms with Crippen molar-refractivity contribution in [1.29, 1.82) is 0 Å². The molecule has 0 saturated carbocycles. The van der Waals surface area contributed by atoms with E-state index in [0.717, 1.165) is 57.6 Å². The van der Waals surface area contributed by atoms with Crippen LogP contribution in [0.5, 0.6) is 0 Å². The molecule has 34 heavy (non-hydrogen) atoms. The number of fused-ring (bicyclic) bond motifs is 3. The molecule has 4 nitrogen and oxygen atoms in total. The summed E-state index contributed by atoms with van der Waals surface area (Å²) in [7, 11) is 0. The average molecular weight is 529 g/mol. The molecule has 172 valence electrons. The molecule has 0 fully saturated rings. The number of halogens is 3. The molecule has 0 atom stereocenters. The lowest BCUT2D eigenvalue weighted by Crippen LogP contribution is -3.00. The number of para-hydroxylation sites is 2. The summed E-state index contributed by atoms with van der Waals surface area (Å²) >= 11 is 14.1. The van der Waals surface area contributed by atoms with Gasteiger partial charge < -0.3 is 12.4 Å². The smallest absolute Gasteiger partial charge is 0.273 e. The number of imidazole rings is 1. The molecular weight excluding hydrogens is 509 g/mol. The highest BCUT2D eigenvalue weighted by atomic mass is 35.5. The maximum absolute atomic E-state index is 13.8. The van der Waals surface area contributed by atoms with Crippen molar-refractivity contribution in [3.05, 3.63) is 88.8 Å². The van der Waals surface area contributed by atoms with Gasteiger partial charge in [-0.3, -0.25) is 9.69 Å². The maximum Gasteiger partial charge on any atom is 0.273 e. The van der Waals surface area contributed by atoms with Gasteiger partial charge in [0, 0.05) is 15.4 Å². The second kappa shape index (κ2) is 9.31. The van der Waals surface area contributed by atoms with Crippen LogP contribution in [0.15, 0.2) is 82.7 Å². The molecule has 0 N–H and O–H groups in total. The maximum atomic E-state index is 13.8. The highest BCUT2D eigenvalue weighted by Crippen LogP contribution is 2.47. The summed E-state index contributed by atoms with van der Waals surface area (Å²) < 4.78 is 4.39. The van der Waals surface area contributed by atoms with Crippen LogP contribution < -0.4 is 21.9 Å². The first-order chi connectivity index (χ1) is 16.1. The molecule has 1 amide bonds. The van der Waals surface area contributed by atoms with Gasteiger partial charge in [0.25, 0.3) is 11.7 Å². The van der Waals surface area contributed by atoms with Crippen LogP contribution in [0.4, 0.5) is 11.4 Å². The minimum atomic E-state index is 0. The summed E-state index contributed by atoms with van der Waals surface area (Å²) in [4.78, 5) is 17.8. The van der Waals surface area contributed by atoms with Crippen molar-refractivity contribution in [2.75, 3.05) is 4.90 Å². The second-order valence-electron chi connectivity index (χ2n) is 8.21. The van der Waals surface area contributed by atoms with E-state index in [1.165, 1.54) is 0 Å². The number of anilines is 2. The molecule has 2 aliphatic rings. The number of nitrogens with zero attached hydrogens (tertiary/aromatic N) is 3. The molecule has 4 aromatic rings. The van der Waals surface area contributed by atoms with Gasteiger partial charge in [0.05, 0.1) is 34.4 Å². The lowest BCUT2D eigenvalue weighted by atomic mass is 10.1. The van der Waals surface area contributed by atoms with E-state index < -0.39 is 0 Å². The summed E-state index contributed by atoms with van der Waals surface area (Å²) in [6, 6.07) is 21.9. The van der Waals surface area contributed by atoms with Crippen LogP contribution in [-0.2, 0) is 24.3 Å². The Bertz CT molecular complexity index is 1370. The number of benzene rings is 3. The number of hydrogen-bond donors (Lipinski definition) is 0. The molecule has 1 aromatic heterocycles. The number of aromatic nitrogens is 2. The van der Waals surface area contributed by atoms with Gasteiger partial charge in [-0.1, -0.05) is 59.2 Å². The van der Waals surface area contributed by atoms with Crippen molar-refractivity contribution in [1.82, 2.24) is 4.57 Å². The Morgan fingerprint density at radius 3 is 2.29 bits per heavy atom. The molecule has 0 radical (unpaired) electrons. The molecule has 0 saturated heterocycles. The van der Waals surface area contributed by atoms with Crippen molar-refractivity contribution in [3.63, 3.8) is 0 Å². The third-order valence-electron chi connectivity index (χ3n) is 6.20. The second-order valence-corrected chi connectivity index (χ2v) is 10.1. The van der Waals surface area contributed by atoms with Crippen LogP contribution >= 0.6 is 35.0 Å². The normalized spacial score (nSPS) is 13.6. The number of hydrogen-bond acceptors (Lipinski definition) is 2. The quantitative estimate of drug-likeness (QED) is 0.381. The zero-order valence-electron chi connectivity index (χ0n) is 18.0. The Morgan fingerprint density at radius 1 is 0.941 bits per heavy atom. The van der Waals surface area contributed by atoms with E-state index in [9.17, 15) is 4.79 Å². The monoisotopic (exact) mass is 527 g/mol. The summed E-state index contributed by atoms with van der Waals surface area (Å²) in [6.45, 7) is 1.20. The van der Waals surface area contributed by atoms with Crippen molar-refractivity contribution in [2.24, 2.45) is 0 Å². The van der Waals surface area contributed by atoms with Gasteiger partial charge in [0.15, 0.2) is 12.2 Å². The van der Waals surface area contributed by atoms with Gasteiger partial charge in [0.1, 0.15) is 6.20 Å². The molecule has 2 aliphatic heterocycles. The number of carbonyl (C=O) groups is 1. The Labute approximate surface area is 218 Å². The fraction of sp³-hybridized carbons (Fsp3) is 0.154. The van der Waals surface area contributed by atoms with Gasteiger partial charge in [-0.05, 0) is 48.9 Å². The van der Waals surface area contributed by atoms with Crippen LogP contribution in [0.1, 0.15) is 12.2 Å². The van der Waals surface area contributed by atoms with E-state index in [2.05, 4.69) is 27.5 Å². The Morgan fingerprint density at radius 2 is 1.62 bits per heavy atom. The predicted molar refractivity (Wildman–Crippen MR) is 133 cm³/mol. The third kappa shape index (κ3) is 3.91. The van der Waals surface area contributed by atoms with Crippen molar-refractivity contribution in [3.8, 4) is 11.3 Å². The van der Waals surface area contributed by atoms with Crippen LogP contribution in [0.3, 0.4) is 0 Å². The third-order valence-corrected chi connectivity index (χ3v) is 8.07. The van der Waals surface area contributed by atoms with Crippen LogP contribution in [0.2, 0.25) is 10.0 Å². The van der Waals surface area contributed by atoms with E-state index in [1.807, 2.05) is 59.5 Å². The van der Waals surface area contributed by atoms with E-state index in [4.69, 9.17) is 23.2 Å². The molecule has 0 bridgehead atoms. The van der Waals surface area contributed by atoms with Gasteiger partial charge in [-0.15, -0.1) is 0 Å². The first kappa shape index (κ1) is 23.3. The minimum absolute atomic E-state index is 0. The molecular formula is C26H20Cl3N3OS.